The van der Waals surface area contributed by atoms with E-state index in [0.29, 0.717) is 16.2 Å². The van der Waals surface area contributed by atoms with Crippen LogP contribution in [0.3, 0.4) is 0 Å². The lowest BCUT2D eigenvalue weighted by Gasteiger charge is -2.68. The van der Waals surface area contributed by atoms with E-state index >= 15 is 0 Å². The zero-order valence-electron chi connectivity index (χ0n) is 18.6. The van der Waals surface area contributed by atoms with Crippen LogP contribution in [0.25, 0.3) is 0 Å². The van der Waals surface area contributed by atoms with Gasteiger partial charge in [0.05, 0.1) is 0 Å². The van der Waals surface area contributed by atoms with Gasteiger partial charge in [-0.1, -0.05) is 74.7 Å². The largest absolute Gasteiger partial charge is 0.0651 e. The van der Waals surface area contributed by atoms with Crippen LogP contribution in [-0.2, 0) is 0 Å². The second kappa shape index (κ2) is 6.56. The van der Waals surface area contributed by atoms with Crippen LogP contribution >= 0.6 is 0 Å². The van der Waals surface area contributed by atoms with E-state index in [4.69, 9.17) is 0 Å². The van der Waals surface area contributed by atoms with E-state index in [9.17, 15) is 0 Å². The quantitative estimate of drug-likeness (QED) is 0.457. The van der Waals surface area contributed by atoms with Gasteiger partial charge in [-0.25, -0.2) is 0 Å². The molecule has 9 atom stereocenters. The van der Waals surface area contributed by atoms with Gasteiger partial charge < -0.3 is 0 Å². The summed E-state index contributed by atoms with van der Waals surface area (Å²) < 4.78 is 0. The molecule has 0 aliphatic heterocycles. The van der Waals surface area contributed by atoms with Crippen LogP contribution in [0.1, 0.15) is 107 Å². The fourth-order valence-electron chi connectivity index (χ4n) is 8.99. The minimum Gasteiger partial charge on any atom is -0.0651 e. The van der Waals surface area contributed by atoms with Crippen LogP contribution in [0.4, 0.5) is 0 Å². The highest BCUT2D eigenvalue weighted by Crippen LogP contribution is 2.83. The summed E-state index contributed by atoms with van der Waals surface area (Å²) >= 11 is 0. The third-order valence-corrected chi connectivity index (χ3v) is 10.9. The van der Waals surface area contributed by atoms with Gasteiger partial charge in [0.2, 0.25) is 0 Å². The molecule has 0 nitrogen and oxygen atoms in total. The van der Waals surface area contributed by atoms with Gasteiger partial charge >= 0.3 is 0 Å². The van der Waals surface area contributed by atoms with E-state index in [1.807, 2.05) is 0 Å². The molecule has 2 bridgehead atoms. The minimum absolute atomic E-state index is 0.585. The second-order valence-corrected chi connectivity index (χ2v) is 11.0. The molecule has 0 aromatic heterocycles. The maximum atomic E-state index is 2.76. The fraction of sp³-hybridized carbons (Fsp3) is 1.00. The van der Waals surface area contributed by atoms with Gasteiger partial charge in [-0.05, 0) is 83.9 Å². The van der Waals surface area contributed by atoms with Crippen molar-refractivity contribution in [2.45, 2.75) is 107 Å². The molecule has 0 N–H and O–H groups in total. The molecular weight excluding hydrogens is 300 g/mol. The summed E-state index contributed by atoms with van der Waals surface area (Å²) in [5.41, 5.74) is 1.83. The van der Waals surface area contributed by atoms with Crippen LogP contribution in [0.5, 0.6) is 0 Å². The van der Waals surface area contributed by atoms with Crippen LogP contribution < -0.4 is 0 Å². The molecule has 1 spiro atoms. The Bertz CT molecular complexity index is 480. The summed E-state index contributed by atoms with van der Waals surface area (Å²) in [6.07, 6.45) is 11.7. The Morgan fingerprint density at radius 2 is 1.68 bits per heavy atom. The van der Waals surface area contributed by atoms with Gasteiger partial charge in [-0.3, -0.25) is 0 Å². The van der Waals surface area contributed by atoms with E-state index < -0.39 is 0 Å². The van der Waals surface area contributed by atoms with E-state index in [1.165, 1.54) is 38.5 Å². The van der Waals surface area contributed by atoms with Gasteiger partial charge in [0.15, 0.2) is 0 Å². The van der Waals surface area contributed by atoms with Crippen molar-refractivity contribution in [2.75, 3.05) is 0 Å². The van der Waals surface area contributed by atoms with Gasteiger partial charge in [0.25, 0.3) is 0 Å². The number of hydrogen-bond donors (Lipinski definition) is 0. The molecule has 3 fully saturated rings. The molecule has 3 aliphatic carbocycles. The standard InChI is InChI=1S/C25H46/c1-9-17(4)12-13-24(11-3)15-21-16-25(24)19(6)18(5)14-22(10-2)23(25,8)20(21)7/h17-22H,9-16H2,1-8H3. The second-order valence-electron chi connectivity index (χ2n) is 11.0. The fourth-order valence-corrected chi connectivity index (χ4v) is 8.99. The monoisotopic (exact) mass is 346 g/mol. The first-order valence-corrected chi connectivity index (χ1v) is 11.7. The van der Waals surface area contributed by atoms with Crippen LogP contribution in [0.15, 0.2) is 0 Å². The van der Waals surface area contributed by atoms with Crippen molar-refractivity contribution < 1.29 is 0 Å². The lowest BCUT2D eigenvalue weighted by atomic mass is 9.36. The average Bonchev–Trinajstić information content (AvgIpc) is 3.07. The van der Waals surface area contributed by atoms with E-state index in [1.54, 1.807) is 12.8 Å². The first kappa shape index (κ1) is 19.8. The van der Waals surface area contributed by atoms with E-state index in [-0.39, 0.29) is 0 Å². The maximum Gasteiger partial charge on any atom is -0.0151 e. The molecule has 3 rings (SSSR count). The Labute approximate surface area is 158 Å². The normalized spacial score (nSPS) is 53.0. The lowest BCUT2D eigenvalue weighted by molar-refractivity contribution is -0.201. The predicted octanol–water partition coefficient (Wildman–Crippen LogP) is 7.96. The van der Waals surface area contributed by atoms with Crippen LogP contribution in [0.2, 0.25) is 0 Å². The number of hydrogen-bond acceptors (Lipinski definition) is 0. The van der Waals surface area contributed by atoms with Crippen molar-refractivity contribution in [2.24, 2.45) is 51.8 Å². The molecule has 0 aromatic rings. The van der Waals surface area contributed by atoms with Crippen LogP contribution in [0, 0.1) is 51.8 Å². The first-order chi connectivity index (χ1) is 11.7. The van der Waals surface area contributed by atoms with Crippen molar-refractivity contribution in [1.82, 2.24) is 0 Å². The zero-order valence-corrected chi connectivity index (χ0v) is 18.6. The highest BCUT2D eigenvalue weighted by molar-refractivity contribution is 5.24. The zero-order chi connectivity index (χ0) is 18.6. The molecular formula is C25H46. The molecule has 3 aliphatic rings. The summed E-state index contributed by atoms with van der Waals surface area (Å²) in [6.45, 7) is 20.6. The summed E-state index contributed by atoms with van der Waals surface area (Å²) in [5, 5.41) is 0. The van der Waals surface area contributed by atoms with Gasteiger partial charge in [-0.15, -0.1) is 0 Å². The lowest BCUT2D eigenvalue weighted by Crippen LogP contribution is -2.62. The van der Waals surface area contributed by atoms with Crippen molar-refractivity contribution in [3.05, 3.63) is 0 Å². The predicted molar refractivity (Wildman–Crippen MR) is 111 cm³/mol. The van der Waals surface area contributed by atoms with Crippen molar-refractivity contribution in [3.8, 4) is 0 Å². The van der Waals surface area contributed by atoms with Crippen molar-refractivity contribution in [3.63, 3.8) is 0 Å². The first-order valence-electron chi connectivity index (χ1n) is 11.7. The molecule has 0 heteroatoms. The number of fused-ring (bicyclic) bond motifs is 1. The molecule has 3 saturated carbocycles. The summed E-state index contributed by atoms with van der Waals surface area (Å²) in [5.74, 6) is 5.62. The Balaban J connectivity index is 2.08. The number of rotatable bonds is 6. The Kier molecular flexibility index (Phi) is 5.18. The third kappa shape index (κ3) is 2.30. The third-order valence-electron chi connectivity index (χ3n) is 10.9. The Morgan fingerprint density at radius 3 is 2.24 bits per heavy atom. The molecule has 0 heterocycles. The SMILES string of the molecule is CCC(C)CCC1(CC)CC2CC13C(C)C(C)CC(CC)C3(C)C2C. The Morgan fingerprint density at radius 1 is 1.00 bits per heavy atom. The molecule has 0 saturated heterocycles. The van der Waals surface area contributed by atoms with Gasteiger partial charge in [0.1, 0.15) is 0 Å². The van der Waals surface area contributed by atoms with Gasteiger partial charge in [-0.2, -0.15) is 0 Å². The molecule has 146 valence electrons. The summed E-state index contributed by atoms with van der Waals surface area (Å²) in [4.78, 5) is 0. The summed E-state index contributed by atoms with van der Waals surface area (Å²) in [6, 6.07) is 0. The highest BCUT2D eigenvalue weighted by Gasteiger charge is 2.76. The van der Waals surface area contributed by atoms with E-state index in [0.717, 1.165) is 35.5 Å². The molecule has 9 unspecified atom stereocenters. The van der Waals surface area contributed by atoms with Crippen molar-refractivity contribution >= 4 is 0 Å². The van der Waals surface area contributed by atoms with E-state index in [2.05, 4.69) is 55.4 Å². The minimum atomic E-state index is 0.585. The van der Waals surface area contributed by atoms with Crippen molar-refractivity contribution in [1.29, 1.82) is 0 Å². The maximum absolute atomic E-state index is 2.76. The summed E-state index contributed by atoms with van der Waals surface area (Å²) in [7, 11) is 0. The molecule has 0 aromatic carbocycles. The topological polar surface area (TPSA) is 0 Å². The van der Waals surface area contributed by atoms with Crippen LogP contribution in [-0.4, -0.2) is 0 Å². The highest BCUT2D eigenvalue weighted by atomic mass is 14.8. The average molecular weight is 347 g/mol. The smallest absolute Gasteiger partial charge is 0.0151 e. The molecule has 0 radical (unpaired) electrons. The Hall–Kier alpha value is 0. The molecule has 0 amide bonds. The van der Waals surface area contributed by atoms with Gasteiger partial charge in [0, 0.05) is 0 Å². The molecule has 25 heavy (non-hydrogen) atoms.